The Bertz CT molecular complexity index is 1830. The van der Waals surface area contributed by atoms with E-state index < -0.39 is 30.4 Å². The molecule has 2 aromatic rings. The Morgan fingerprint density at radius 1 is 0.980 bits per heavy atom. The summed E-state index contributed by atoms with van der Waals surface area (Å²) >= 11 is 0. The molecule has 3 aliphatic heterocycles. The third-order valence-electron chi connectivity index (χ3n) is 15.4. The normalized spacial score (nSPS) is 40.5. The van der Waals surface area contributed by atoms with Crippen LogP contribution in [0.15, 0.2) is 52.1 Å². The zero-order valence-corrected chi connectivity index (χ0v) is 32.9. The molecule has 1 aromatic carbocycles. The average molecular weight is 706 g/mol. The number of hydrogen-bond acceptors (Lipinski definition) is 6. The first-order chi connectivity index (χ1) is 23.2. The van der Waals surface area contributed by atoms with Crippen LogP contribution in [0.5, 0.6) is 0 Å². The van der Waals surface area contributed by atoms with Crippen molar-refractivity contribution in [1.29, 1.82) is 0 Å². The molecule has 10 heteroatoms. The van der Waals surface area contributed by atoms with E-state index in [2.05, 4.69) is 66.8 Å². The lowest BCUT2D eigenvalue weighted by molar-refractivity contribution is -0.196. The molecule has 2 spiro atoms. The van der Waals surface area contributed by atoms with Gasteiger partial charge in [0.25, 0.3) is 0 Å². The number of para-hydroxylation sites is 1. The summed E-state index contributed by atoms with van der Waals surface area (Å²) in [5.41, 5.74) is -2.64. The maximum atomic E-state index is 15.1. The zero-order chi connectivity index (χ0) is 36.0. The Kier molecular flexibility index (Phi) is 7.44. The minimum absolute atomic E-state index is 0.00883. The van der Waals surface area contributed by atoms with Crippen molar-refractivity contribution in [2.24, 2.45) is 28.6 Å². The van der Waals surface area contributed by atoms with Crippen LogP contribution in [0, 0.1) is 28.6 Å². The maximum Gasteiger partial charge on any atom is 0.352 e. The topological polar surface area (TPSA) is 100 Å². The molecular weight excluding hydrogens is 647 g/mol. The van der Waals surface area contributed by atoms with Crippen LogP contribution in [0.3, 0.4) is 0 Å². The first-order valence-electron chi connectivity index (χ1n) is 19.2. The van der Waals surface area contributed by atoms with Crippen molar-refractivity contribution < 1.29 is 19.0 Å². The van der Waals surface area contributed by atoms with Crippen molar-refractivity contribution in [3.05, 3.63) is 63.5 Å². The van der Waals surface area contributed by atoms with E-state index >= 15 is 9.59 Å². The van der Waals surface area contributed by atoms with Gasteiger partial charge in [0.15, 0.2) is 8.32 Å². The fraction of sp³-hybridized carbons (Fsp3) is 0.750. The smallest absolute Gasteiger partial charge is 0.352 e. The highest BCUT2D eigenvalue weighted by Crippen LogP contribution is 2.76. The average Bonchev–Trinajstić information content (AvgIpc) is 3.69. The molecule has 11 atom stereocenters. The highest BCUT2D eigenvalue weighted by atomic mass is 28.4. The second kappa shape index (κ2) is 10.7. The van der Waals surface area contributed by atoms with Gasteiger partial charge in [-0.2, -0.15) is 0 Å². The standard InChI is InChI=1S/C40H59N3O6Si/c1-25(47-23-22-36(5,6)46)27-16-17-29-37(27,7)19-18-30-38(8)32-31(48-32)28(49-50(9,10)35(2,3)4)24-39(38)20-21-40(29,30)43-34(45)41(33(44)42(39)43)26-14-12-11-13-15-26/h11-15,20-21,25,27-32,46H,16-19,22-24H2,1-10H3/t25-,27+,28+,29+,30+,31-,32-,37+,38-,39+,40-/m0/s1. The molecule has 7 aliphatic rings. The molecule has 9 nitrogen and oxygen atoms in total. The molecule has 274 valence electrons. The Morgan fingerprint density at radius 3 is 2.32 bits per heavy atom. The lowest BCUT2D eigenvalue weighted by Crippen LogP contribution is -2.78. The van der Waals surface area contributed by atoms with Gasteiger partial charge in [-0.15, -0.1) is 0 Å². The Labute approximate surface area is 298 Å². The van der Waals surface area contributed by atoms with Gasteiger partial charge in [-0.05, 0) is 106 Å². The Balaban J connectivity index is 1.29. The van der Waals surface area contributed by atoms with Crippen molar-refractivity contribution in [3.8, 4) is 5.69 Å². The van der Waals surface area contributed by atoms with Crippen LogP contribution in [0.25, 0.3) is 5.69 Å². The largest absolute Gasteiger partial charge is 0.411 e. The predicted molar refractivity (Wildman–Crippen MR) is 196 cm³/mol. The summed E-state index contributed by atoms with van der Waals surface area (Å²) < 4.78 is 25.7. The van der Waals surface area contributed by atoms with Gasteiger partial charge >= 0.3 is 11.4 Å². The number of aliphatic hydroxyl groups is 1. The zero-order valence-electron chi connectivity index (χ0n) is 31.9. The maximum absolute atomic E-state index is 15.1. The van der Waals surface area contributed by atoms with E-state index in [1.54, 1.807) is 0 Å². The number of benzene rings is 1. The molecule has 4 heterocycles. The second-order valence-corrected chi connectivity index (χ2v) is 24.2. The van der Waals surface area contributed by atoms with Gasteiger partial charge in [0.2, 0.25) is 0 Å². The number of allylic oxidation sites excluding steroid dienone is 2. The third kappa shape index (κ3) is 4.37. The van der Waals surface area contributed by atoms with Gasteiger partial charge < -0.3 is 19.0 Å². The predicted octanol–water partition coefficient (Wildman–Crippen LogP) is 6.35. The molecule has 1 N–H and O–H groups in total. The molecule has 4 aliphatic carbocycles. The third-order valence-corrected chi connectivity index (χ3v) is 19.9. The monoisotopic (exact) mass is 705 g/mol. The van der Waals surface area contributed by atoms with Crippen molar-refractivity contribution >= 4 is 8.32 Å². The van der Waals surface area contributed by atoms with Crippen molar-refractivity contribution in [1.82, 2.24) is 13.9 Å². The summed E-state index contributed by atoms with van der Waals surface area (Å²) in [4.78, 5) is 30.2. The number of rotatable bonds is 8. The SMILES string of the molecule is C[C@H](OCCC(C)(C)O)[C@H]1CC[C@@H]2[C@]1(C)CC[C@H]1[C@]23C=C[C@]2(C[C@@H](O[Si](C)(C)C(C)(C)C)[C@@H]4O[C@@H]4[C@]12C)n1c(=O)n(-c2ccccc2)c(=O)n13. The summed E-state index contributed by atoms with van der Waals surface area (Å²) in [6, 6.07) is 9.43. The van der Waals surface area contributed by atoms with Crippen LogP contribution in [-0.4, -0.2) is 64.0 Å². The van der Waals surface area contributed by atoms with Crippen LogP contribution < -0.4 is 11.4 Å². The van der Waals surface area contributed by atoms with E-state index in [0.717, 1.165) is 25.7 Å². The fourth-order valence-corrected chi connectivity index (χ4v) is 13.2. The van der Waals surface area contributed by atoms with Gasteiger partial charge in [-0.25, -0.2) is 23.5 Å². The lowest BCUT2D eigenvalue weighted by atomic mass is 9.40. The summed E-state index contributed by atoms with van der Waals surface area (Å²) in [5.74, 6) is 0.555. The number of ether oxygens (including phenoxy) is 2. The van der Waals surface area contributed by atoms with Crippen molar-refractivity contribution in [2.75, 3.05) is 6.61 Å². The number of hydrogen-bond donors (Lipinski definition) is 1. The van der Waals surface area contributed by atoms with Crippen LogP contribution in [0.1, 0.15) is 93.9 Å². The minimum Gasteiger partial charge on any atom is -0.411 e. The van der Waals surface area contributed by atoms with E-state index in [1.807, 2.05) is 53.5 Å². The Hall–Kier alpha value is -2.24. The second-order valence-electron chi connectivity index (χ2n) is 19.4. The fourth-order valence-electron chi connectivity index (χ4n) is 11.8. The van der Waals surface area contributed by atoms with Crippen molar-refractivity contribution in [2.45, 2.75) is 153 Å². The van der Waals surface area contributed by atoms with Crippen molar-refractivity contribution in [3.63, 3.8) is 0 Å². The van der Waals surface area contributed by atoms with E-state index in [9.17, 15) is 5.11 Å². The van der Waals surface area contributed by atoms with Crippen LogP contribution in [0.2, 0.25) is 18.1 Å². The van der Waals surface area contributed by atoms with Crippen LogP contribution in [0.4, 0.5) is 0 Å². The van der Waals surface area contributed by atoms with Gasteiger partial charge in [-0.1, -0.05) is 65.0 Å². The molecule has 0 unspecified atom stereocenters. The van der Waals surface area contributed by atoms with Gasteiger partial charge in [0.05, 0.1) is 40.7 Å². The number of epoxide rings is 1. The van der Waals surface area contributed by atoms with Crippen LogP contribution in [-0.2, 0) is 25.0 Å². The lowest BCUT2D eigenvalue weighted by Gasteiger charge is -2.70. The van der Waals surface area contributed by atoms with Gasteiger partial charge in [-0.3, -0.25) is 0 Å². The molecule has 0 amide bonds. The van der Waals surface area contributed by atoms with E-state index in [-0.39, 0.29) is 58.1 Å². The molecular formula is C40H59N3O6Si. The quantitative estimate of drug-likeness (QED) is 0.195. The Morgan fingerprint density at radius 2 is 1.66 bits per heavy atom. The first-order valence-corrected chi connectivity index (χ1v) is 22.1. The van der Waals surface area contributed by atoms with Crippen LogP contribution >= 0.6 is 0 Å². The number of fused-ring (bicyclic) bond motifs is 2. The molecule has 3 saturated carbocycles. The first kappa shape index (κ1) is 34.8. The van der Waals surface area contributed by atoms with E-state index in [0.29, 0.717) is 31.1 Å². The number of nitrogens with zero attached hydrogens (tertiary/aromatic N) is 3. The van der Waals surface area contributed by atoms with Gasteiger partial charge in [0.1, 0.15) is 6.10 Å². The summed E-state index contributed by atoms with van der Waals surface area (Å²) in [6.45, 7) is 22.5. The van der Waals surface area contributed by atoms with E-state index in [1.165, 1.54) is 4.57 Å². The molecule has 1 aromatic heterocycles. The minimum atomic E-state index is -2.18. The summed E-state index contributed by atoms with van der Waals surface area (Å²) in [6.07, 6.45) is 9.62. The van der Waals surface area contributed by atoms with Gasteiger partial charge in [0, 0.05) is 18.4 Å². The summed E-state index contributed by atoms with van der Waals surface area (Å²) in [5, 5.41) is 10.4. The van der Waals surface area contributed by atoms with E-state index in [4.69, 9.17) is 13.9 Å². The summed E-state index contributed by atoms with van der Waals surface area (Å²) in [7, 11) is -2.18. The molecule has 1 saturated heterocycles. The number of aromatic nitrogens is 3. The molecule has 50 heavy (non-hydrogen) atoms. The molecule has 2 bridgehead atoms. The highest BCUT2D eigenvalue weighted by molar-refractivity contribution is 6.74. The molecule has 4 fully saturated rings. The molecule has 9 rings (SSSR count). The molecule has 0 radical (unpaired) electrons. The highest BCUT2D eigenvalue weighted by Gasteiger charge is 2.81.